The van der Waals surface area contributed by atoms with E-state index in [0.29, 0.717) is 25.6 Å². The van der Waals surface area contributed by atoms with E-state index in [4.69, 9.17) is 4.74 Å². The normalized spacial score (nSPS) is 23.5. The monoisotopic (exact) mass is 245 g/mol. The number of aryl methyl sites for hydroxylation is 1. The van der Waals surface area contributed by atoms with Crippen LogP contribution in [-0.2, 0) is 14.8 Å². The molecule has 90 valence electrons. The molecule has 1 unspecified atom stereocenters. The highest BCUT2D eigenvalue weighted by molar-refractivity contribution is 7.88. The first-order valence-corrected chi connectivity index (χ1v) is 6.89. The number of morpholine rings is 1. The first kappa shape index (κ1) is 11.6. The van der Waals surface area contributed by atoms with E-state index in [1.54, 1.807) is 6.20 Å². The van der Waals surface area contributed by atoms with Gasteiger partial charge < -0.3 is 9.72 Å². The zero-order chi connectivity index (χ0) is 11.8. The molecule has 2 rings (SSSR count). The molecule has 0 saturated carbocycles. The third kappa shape index (κ3) is 2.26. The van der Waals surface area contributed by atoms with Crippen molar-refractivity contribution in [3.63, 3.8) is 0 Å². The van der Waals surface area contributed by atoms with Crippen molar-refractivity contribution in [2.24, 2.45) is 0 Å². The molecule has 0 spiro atoms. The standard InChI is InChI=1S/C9H15N3O3S/c1-7-5-10-9(11-7)8-6-15-4-3-12(8)16(2,13)14/h5,8H,3-4,6H2,1-2H3,(H,10,11). The maximum absolute atomic E-state index is 11.6. The molecule has 1 atom stereocenters. The van der Waals surface area contributed by atoms with Gasteiger partial charge in [-0.2, -0.15) is 4.31 Å². The third-order valence-corrected chi connectivity index (χ3v) is 3.83. The second-order valence-corrected chi connectivity index (χ2v) is 5.85. The molecular formula is C9H15N3O3S. The molecule has 1 aliphatic heterocycles. The Balaban J connectivity index is 2.30. The molecule has 1 saturated heterocycles. The average Bonchev–Trinajstić information content (AvgIpc) is 2.64. The number of sulfonamides is 1. The largest absolute Gasteiger partial charge is 0.378 e. The topological polar surface area (TPSA) is 75.3 Å². The third-order valence-electron chi connectivity index (χ3n) is 2.54. The fraction of sp³-hybridized carbons (Fsp3) is 0.667. The maximum Gasteiger partial charge on any atom is 0.212 e. The van der Waals surface area contributed by atoms with Gasteiger partial charge in [-0.3, -0.25) is 0 Å². The van der Waals surface area contributed by atoms with E-state index >= 15 is 0 Å². The molecular weight excluding hydrogens is 230 g/mol. The Morgan fingerprint density at radius 1 is 1.62 bits per heavy atom. The second-order valence-electron chi connectivity index (χ2n) is 3.92. The fourth-order valence-electron chi connectivity index (χ4n) is 1.80. The molecule has 0 aromatic carbocycles. The number of rotatable bonds is 2. The molecule has 0 radical (unpaired) electrons. The van der Waals surface area contributed by atoms with E-state index in [2.05, 4.69) is 9.97 Å². The lowest BCUT2D eigenvalue weighted by molar-refractivity contribution is 0.0296. The number of H-pyrrole nitrogens is 1. The van der Waals surface area contributed by atoms with Crippen molar-refractivity contribution in [3.8, 4) is 0 Å². The Morgan fingerprint density at radius 3 is 2.94 bits per heavy atom. The minimum Gasteiger partial charge on any atom is -0.378 e. The van der Waals surface area contributed by atoms with Gasteiger partial charge in [0.25, 0.3) is 0 Å². The lowest BCUT2D eigenvalue weighted by Crippen LogP contribution is -2.43. The van der Waals surface area contributed by atoms with Crippen LogP contribution in [0.2, 0.25) is 0 Å². The Labute approximate surface area is 94.7 Å². The van der Waals surface area contributed by atoms with Gasteiger partial charge in [0.1, 0.15) is 11.9 Å². The van der Waals surface area contributed by atoms with Crippen molar-refractivity contribution >= 4 is 10.0 Å². The van der Waals surface area contributed by atoms with Crippen LogP contribution in [0.25, 0.3) is 0 Å². The first-order valence-electron chi connectivity index (χ1n) is 5.04. The number of hydrogen-bond acceptors (Lipinski definition) is 4. The number of hydrogen-bond donors (Lipinski definition) is 1. The summed E-state index contributed by atoms with van der Waals surface area (Å²) < 4.78 is 29.9. The smallest absolute Gasteiger partial charge is 0.212 e. The summed E-state index contributed by atoms with van der Waals surface area (Å²) in [4.78, 5) is 7.21. The van der Waals surface area contributed by atoms with E-state index in [9.17, 15) is 8.42 Å². The Morgan fingerprint density at radius 2 is 2.38 bits per heavy atom. The molecule has 1 fully saturated rings. The van der Waals surface area contributed by atoms with E-state index in [0.717, 1.165) is 5.69 Å². The summed E-state index contributed by atoms with van der Waals surface area (Å²) in [6, 6.07) is -0.336. The molecule has 0 aliphatic carbocycles. The number of imidazole rings is 1. The zero-order valence-electron chi connectivity index (χ0n) is 9.30. The number of nitrogens with zero attached hydrogens (tertiary/aromatic N) is 2. The number of ether oxygens (including phenoxy) is 1. The molecule has 7 heteroatoms. The molecule has 1 N–H and O–H groups in total. The van der Waals surface area contributed by atoms with Gasteiger partial charge in [0.2, 0.25) is 10.0 Å². The first-order chi connectivity index (χ1) is 7.48. The van der Waals surface area contributed by atoms with Gasteiger partial charge in [-0.15, -0.1) is 0 Å². The Hall–Kier alpha value is -0.920. The van der Waals surface area contributed by atoms with Crippen LogP contribution in [-0.4, -0.2) is 48.7 Å². The fourth-order valence-corrected chi connectivity index (χ4v) is 2.83. The average molecular weight is 245 g/mol. The quantitative estimate of drug-likeness (QED) is 0.799. The van der Waals surface area contributed by atoms with Crippen LogP contribution >= 0.6 is 0 Å². The minimum atomic E-state index is -3.22. The van der Waals surface area contributed by atoms with Crippen LogP contribution in [0.15, 0.2) is 6.20 Å². The van der Waals surface area contributed by atoms with Crippen molar-refractivity contribution < 1.29 is 13.2 Å². The number of nitrogens with one attached hydrogen (secondary N) is 1. The molecule has 1 aromatic heterocycles. The van der Waals surface area contributed by atoms with Crippen molar-refractivity contribution in [3.05, 3.63) is 17.7 Å². The van der Waals surface area contributed by atoms with E-state index < -0.39 is 10.0 Å². The van der Waals surface area contributed by atoms with Crippen molar-refractivity contribution in [2.45, 2.75) is 13.0 Å². The van der Waals surface area contributed by atoms with Gasteiger partial charge in [0.15, 0.2) is 0 Å². The Kier molecular flexibility index (Phi) is 3.00. The van der Waals surface area contributed by atoms with Gasteiger partial charge in [-0.05, 0) is 6.92 Å². The zero-order valence-corrected chi connectivity index (χ0v) is 10.1. The molecule has 2 heterocycles. The number of aromatic amines is 1. The predicted octanol–water partition coefficient (Wildman–Crippen LogP) is 0.0510. The Bertz CT molecular complexity index is 468. The van der Waals surface area contributed by atoms with Gasteiger partial charge in [0, 0.05) is 18.4 Å². The predicted molar refractivity (Wildman–Crippen MR) is 58.4 cm³/mol. The van der Waals surface area contributed by atoms with Gasteiger partial charge >= 0.3 is 0 Å². The van der Waals surface area contributed by atoms with E-state index in [1.807, 2.05) is 6.92 Å². The van der Waals surface area contributed by atoms with Crippen LogP contribution in [0.1, 0.15) is 17.6 Å². The lowest BCUT2D eigenvalue weighted by Gasteiger charge is -2.32. The lowest BCUT2D eigenvalue weighted by atomic mass is 10.2. The summed E-state index contributed by atoms with van der Waals surface area (Å²) in [6.07, 6.45) is 2.89. The van der Waals surface area contributed by atoms with Gasteiger partial charge in [0.05, 0.1) is 19.5 Å². The summed E-state index contributed by atoms with van der Waals surface area (Å²) in [6.45, 7) is 3.04. The summed E-state index contributed by atoms with van der Waals surface area (Å²) in [7, 11) is -3.22. The molecule has 6 nitrogen and oxygen atoms in total. The molecule has 1 aromatic rings. The highest BCUT2D eigenvalue weighted by Crippen LogP contribution is 2.24. The summed E-state index contributed by atoms with van der Waals surface area (Å²) in [5.41, 5.74) is 0.911. The van der Waals surface area contributed by atoms with Gasteiger partial charge in [-0.25, -0.2) is 13.4 Å². The molecule has 16 heavy (non-hydrogen) atoms. The molecule has 0 bridgehead atoms. The summed E-state index contributed by atoms with van der Waals surface area (Å²) in [5.74, 6) is 0.641. The number of aromatic nitrogens is 2. The van der Waals surface area contributed by atoms with Crippen molar-refractivity contribution in [1.82, 2.24) is 14.3 Å². The van der Waals surface area contributed by atoms with Crippen LogP contribution < -0.4 is 0 Å². The SMILES string of the molecule is Cc1cnc(C2COCCN2S(C)(=O)=O)[nH]1. The summed E-state index contributed by atoms with van der Waals surface area (Å²) >= 11 is 0. The van der Waals surface area contributed by atoms with Crippen LogP contribution in [0.4, 0.5) is 0 Å². The maximum atomic E-state index is 11.6. The second kappa shape index (κ2) is 4.15. The highest BCUT2D eigenvalue weighted by atomic mass is 32.2. The van der Waals surface area contributed by atoms with Gasteiger partial charge in [-0.1, -0.05) is 0 Å². The summed E-state index contributed by atoms with van der Waals surface area (Å²) in [5, 5.41) is 0. The molecule has 0 amide bonds. The van der Waals surface area contributed by atoms with Crippen LogP contribution in [0.5, 0.6) is 0 Å². The highest BCUT2D eigenvalue weighted by Gasteiger charge is 2.32. The molecule has 1 aliphatic rings. The van der Waals surface area contributed by atoms with E-state index in [-0.39, 0.29) is 6.04 Å². The van der Waals surface area contributed by atoms with Crippen LogP contribution in [0.3, 0.4) is 0 Å². The van der Waals surface area contributed by atoms with Crippen molar-refractivity contribution in [1.29, 1.82) is 0 Å². The van der Waals surface area contributed by atoms with E-state index in [1.165, 1.54) is 10.6 Å². The van der Waals surface area contributed by atoms with Crippen molar-refractivity contribution in [2.75, 3.05) is 26.0 Å². The minimum absolute atomic E-state index is 0.336. The van der Waals surface area contributed by atoms with Crippen LogP contribution in [0, 0.1) is 6.92 Å².